The molecule has 0 fully saturated rings. The average molecular weight is 133 g/mol. The Morgan fingerprint density at radius 2 is 2.10 bits per heavy atom. The molecular formula is C7H7N3. The van der Waals surface area contributed by atoms with E-state index in [0.717, 1.165) is 11.4 Å². The van der Waals surface area contributed by atoms with Crippen LogP contribution in [0.3, 0.4) is 0 Å². The summed E-state index contributed by atoms with van der Waals surface area (Å²) in [5.74, 6) is 0. The zero-order valence-electron chi connectivity index (χ0n) is 5.33. The number of aromatic nitrogens is 2. The van der Waals surface area contributed by atoms with E-state index in [1.807, 2.05) is 24.6 Å². The minimum absolute atomic E-state index is 0.973. The van der Waals surface area contributed by atoms with Crippen molar-refractivity contribution in [2.24, 2.45) is 0 Å². The highest BCUT2D eigenvalue weighted by molar-refractivity contribution is 5.61. The van der Waals surface area contributed by atoms with Gasteiger partial charge < -0.3 is 10.3 Å². The second kappa shape index (κ2) is 2.02. The molecule has 1 aromatic rings. The summed E-state index contributed by atoms with van der Waals surface area (Å²) in [5, 5.41) is 2.96. The van der Waals surface area contributed by atoms with E-state index in [1.54, 1.807) is 6.33 Å². The van der Waals surface area contributed by atoms with Crippen LogP contribution in [0.15, 0.2) is 18.7 Å². The van der Waals surface area contributed by atoms with Gasteiger partial charge in [0, 0.05) is 12.4 Å². The fourth-order valence-corrected chi connectivity index (χ4v) is 0.895. The molecule has 2 rings (SSSR count). The highest BCUT2D eigenvalue weighted by atomic mass is 14.9. The summed E-state index contributed by atoms with van der Waals surface area (Å²) in [5.41, 5.74) is 2.02. The van der Waals surface area contributed by atoms with Gasteiger partial charge in [-0.3, -0.25) is 0 Å². The standard InChI is InChI=1S/C7H7N3/c1-3-8-4-2-7-6(1)9-5-10-7/h1-5,8H,(H,9,10). The third kappa shape index (κ3) is 0.719. The number of nitrogens with one attached hydrogen (secondary N) is 2. The molecule has 0 unspecified atom stereocenters. The van der Waals surface area contributed by atoms with Crippen molar-refractivity contribution in [2.45, 2.75) is 0 Å². The highest BCUT2D eigenvalue weighted by Crippen LogP contribution is 2.07. The van der Waals surface area contributed by atoms with E-state index in [0.29, 0.717) is 0 Å². The van der Waals surface area contributed by atoms with Gasteiger partial charge in [-0.15, -0.1) is 0 Å². The second-order valence-electron chi connectivity index (χ2n) is 2.03. The van der Waals surface area contributed by atoms with Crippen LogP contribution in [-0.2, 0) is 0 Å². The Hall–Kier alpha value is -1.51. The van der Waals surface area contributed by atoms with Crippen molar-refractivity contribution < 1.29 is 0 Å². The van der Waals surface area contributed by atoms with Crippen LogP contribution < -0.4 is 5.32 Å². The molecular weight excluding hydrogens is 126 g/mol. The van der Waals surface area contributed by atoms with Gasteiger partial charge in [0.25, 0.3) is 0 Å². The molecule has 3 heteroatoms. The van der Waals surface area contributed by atoms with Crippen molar-refractivity contribution in [3.05, 3.63) is 30.1 Å². The van der Waals surface area contributed by atoms with Crippen molar-refractivity contribution in [2.75, 3.05) is 0 Å². The molecule has 2 N–H and O–H groups in total. The summed E-state index contributed by atoms with van der Waals surface area (Å²) < 4.78 is 0. The van der Waals surface area contributed by atoms with Gasteiger partial charge in [-0.1, -0.05) is 0 Å². The van der Waals surface area contributed by atoms with Crippen LogP contribution in [0.5, 0.6) is 0 Å². The predicted molar refractivity (Wildman–Crippen MR) is 39.8 cm³/mol. The Kier molecular flexibility index (Phi) is 1.07. The van der Waals surface area contributed by atoms with E-state index in [-0.39, 0.29) is 0 Å². The minimum Gasteiger partial charge on any atom is -0.367 e. The topological polar surface area (TPSA) is 40.7 Å². The fraction of sp³-hybridized carbons (Fsp3) is 0. The van der Waals surface area contributed by atoms with E-state index in [2.05, 4.69) is 15.3 Å². The summed E-state index contributed by atoms with van der Waals surface area (Å²) in [7, 11) is 0. The molecule has 0 atom stereocenters. The molecule has 0 amide bonds. The Morgan fingerprint density at radius 1 is 1.20 bits per heavy atom. The van der Waals surface area contributed by atoms with Gasteiger partial charge in [0.2, 0.25) is 0 Å². The van der Waals surface area contributed by atoms with Crippen molar-refractivity contribution in [3.63, 3.8) is 0 Å². The Morgan fingerprint density at radius 3 is 3.10 bits per heavy atom. The number of hydrogen-bond acceptors (Lipinski definition) is 2. The highest BCUT2D eigenvalue weighted by Gasteiger charge is 1.98. The third-order valence-corrected chi connectivity index (χ3v) is 1.38. The smallest absolute Gasteiger partial charge is 0.0931 e. The molecule has 0 aliphatic carbocycles. The molecule has 1 aliphatic rings. The minimum atomic E-state index is 0.973. The van der Waals surface area contributed by atoms with E-state index in [9.17, 15) is 0 Å². The van der Waals surface area contributed by atoms with Gasteiger partial charge in [0.1, 0.15) is 0 Å². The van der Waals surface area contributed by atoms with Crippen LogP contribution in [0.2, 0.25) is 0 Å². The lowest BCUT2D eigenvalue weighted by atomic mass is 10.3. The van der Waals surface area contributed by atoms with Crippen molar-refractivity contribution in [3.8, 4) is 0 Å². The monoisotopic (exact) mass is 133 g/mol. The van der Waals surface area contributed by atoms with E-state index in [4.69, 9.17) is 0 Å². The molecule has 0 saturated carbocycles. The number of hydrogen-bond donors (Lipinski definition) is 2. The van der Waals surface area contributed by atoms with Gasteiger partial charge in [-0.05, 0) is 12.2 Å². The first-order valence-corrected chi connectivity index (χ1v) is 3.09. The number of fused-ring (bicyclic) bond motifs is 1. The van der Waals surface area contributed by atoms with Crippen LogP contribution in [0, 0.1) is 0 Å². The summed E-state index contributed by atoms with van der Waals surface area (Å²) in [6.45, 7) is 0. The van der Waals surface area contributed by atoms with E-state index >= 15 is 0 Å². The first-order valence-electron chi connectivity index (χ1n) is 3.09. The number of aromatic amines is 1. The molecule has 0 saturated heterocycles. The van der Waals surface area contributed by atoms with E-state index in [1.165, 1.54) is 0 Å². The second-order valence-corrected chi connectivity index (χ2v) is 2.03. The number of H-pyrrole nitrogens is 1. The van der Waals surface area contributed by atoms with Crippen LogP contribution in [-0.4, -0.2) is 9.97 Å². The van der Waals surface area contributed by atoms with Gasteiger partial charge in [0.05, 0.1) is 17.7 Å². The first kappa shape index (κ1) is 5.29. The summed E-state index contributed by atoms with van der Waals surface area (Å²) in [4.78, 5) is 7.09. The number of imidazole rings is 1. The normalized spacial score (nSPS) is 14.0. The molecule has 2 heterocycles. The van der Waals surface area contributed by atoms with Crippen molar-refractivity contribution in [1.82, 2.24) is 15.3 Å². The van der Waals surface area contributed by atoms with Gasteiger partial charge in [0.15, 0.2) is 0 Å². The lowest BCUT2D eigenvalue weighted by Crippen LogP contribution is -1.87. The zero-order chi connectivity index (χ0) is 6.81. The number of nitrogens with zero attached hydrogens (tertiary/aromatic N) is 1. The molecule has 3 nitrogen and oxygen atoms in total. The van der Waals surface area contributed by atoms with Gasteiger partial charge >= 0.3 is 0 Å². The molecule has 50 valence electrons. The van der Waals surface area contributed by atoms with Gasteiger partial charge in [-0.2, -0.15) is 0 Å². The maximum atomic E-state index is 4.08. The molecule has 0 bridgehead atoms. The molecule has 1 aromatic heterocycles. The predicted octanol–water partition coefficient (Wildman–Crippen LogP) is 0.954. The van der Waals surface area contributed by atoms with Crippen LogP contribution in [0.4, 0.5) is 0 Å². The zero-order valence-corrected chi connectivity index (χ0v) is 5.33. The van der Waals surface area contributed by atoms with Crippen molar-refractivity contribution >= 4 is 12.2 Å². The maximum Gasteiger partial charge on any atom is 0.0931 e. The van der Waals surface area contributed by atoms with Crippen molar-refractivity contribution in [1.29, 1.82) is 0 Å². The molecule has 1 aliphatic heterocycles. The average Bonchev–Trinajstić information content (AvgIpc) is 2.28. The quantitative estimate of drug-likeness (QED) is 0.553. The molecule has 0 spiro atoms. The summed E-state index contributed by atoms with van der Waals surface area (Å²) in [6.07, 6.45) is 9.27. The Balaban J connectivity index is 2.56. The van der Waals surface area contributed by atoms with E-state index < -0.39 is 0 Å². The Bertz CT molecular complexity index is 256. The lowest BCUT2D eigenvalue weighted by Gasteiger charge is -1.83. The maximum absolute atomic E-state index is 4.08. The largest absolute Gasteiger partial charge is 0.367 e. The summed E-state index contributed by atoms with van der Waals surface area (Å²) in [6, 6.07) is 0. The first-order chi connectivity index (χ1) is 4.97. The van der Waals surface area contributed by atoms with Crippen LogP contribution in [0.25, 0.3) is 12.2 Å². The SMILES string of the molecule is C1=Cc2nc[nH]c2C=CN1. The Labute approximate surface area is 58.5 Å². The molecule has 0 radical (unpaired) electrons. The summed E-state index contributed by atoms with van der Waals surface area (Å²) >= 11 is 0. The molecule has 0 aromatic carbocycles. The number of rotatable bonds is 0. The van der Waals surface area contributed by atoms with Gasteiger partial charge in [-0.25, -0.2) is 4.98 Å². The lowest BCUT2D eigenvalue weighted by molar-refractivity contribution is 1.21. The van der Waals surface area contributed by atoms with Crippen LogP contribution in [0.1, 0.15) is 11.4 Å². The molecule has 10 heavy (non-hydrogen) atoms. The third-order valence-electron chi connectivity index (χ3n) is 1.38. The fourth-order valence-electron chi connectivity index (χ4n) is 0.895. The van der Waals surface area contributed by atoms with Crippen LogP contribution >= 0.6 is 0 Å².